The highest BCUT2D eigenvalue weighted by Gasteiger charge is 2.64. The first kappa shape index (κ1) is 25.8. The number of rotatable bonds is 6. The number of halogens is 3. The summed E-state index contributed by atoms with van der Waals surface area (Å²) in [6.45, 7) is 4.80. The summed E-state index contributed by atoms with van der Waals surface area (Å²) in [6, 6.07) is -1.34. The fraction of sp³-hybridized carbons (Fsp3) is 0.773. The number of nitriles is 1. The molecular weight excluding hydrogens is 455 g/mol. The van der Waals surface area contributed by atoms with Crippen molar-refractivity contribution >= 4 is 23.6 Å². The molecule has 9 nitrogen and oxygen atoms in total. The second-order valence-electron chi connectivity index (χ2n) is 10.3. The monoisotopic (exact) mass is 485 g/mol. The zero-order valence-corrected chi connectivity index (χ0v) is 19.7. The Morgan fingerprint density at radius 1 is 1.29 bits per heavy atom. The maximum atomic E-state index is 13.6. The molecule has 188 valence electrons. The summed E-state index contributed by atoms with van der Waals surface area (Å²) in [7, 11) is 1.29. The molecule has 0 aromatic carbocycles. The number of alkyl halides is 3. The third kappa shape index (κ3) is 4.83. The van der Waals surface area contributed by atoms with Crippen LogP contribution < -0.4 is 10.6 Å². The van der Waals surface area contributed by atoms with Crippen LogP contribution in [0.5, 0.6) is 0 Å². The van der Waals surface area contributed by atoms with Crippen molar-refractivity contribution in [2.45, 2.75) is 82.7 Å². The Morgan fingerprint density at radius 3 is 2.38 bits per heavy atom. The van der Waals surface area contributed by atoms with Gasteiger partial charge < -0.3 is 20.4 Å². The van der Waals surface area contributed by atoms with Gasteiger partial charge in [-0.2, -0.15) is 18.4 Å². The lowest BCUT2D eigenvalue weighted by Gasteiger charge is -2.34. The van der Waals surface area contributed by atoms with Crippen LogP contribution in [0.15, 0.2) is 0 Å². The summed E-state index contributed by atoms with van der Waals surface area (Å²) in [4.78, 5) is 52.8. The summed E-state index contributed by atoms with van der Waals surface area (Å²) in [5, 5.41) is 14.3. The maximum Gasteiger partial charge on any atom is 0.471 e. The van der Waals surface area contributed by atoms with Crippen LogP contribution in [0.4, 0.5) is 13.2 Å². The normalized spacial score (nSPS) is 26.9. The molecule has 1 saturated carbocycles. The van der Waals surface area contributed by atoms with E-state index in [9.17, 15) is 37.6 Å². The zero-order valence-electron chi connectivity index (χ0n) is 19.7. The van der Waals surface area contributed by atoms with Crippen LogP contribution in [0.1, 0.15) is 52.9 Å². The van der Waals surface area contributed by atoms with E-state index in [0.29, 0.717) is 6.42 Å². The summed E-state index contributed by atoms with van der Waals surface area (Å²) < 4.78 is 37.8. The Kier molecular flexibility index (Phi) is 6.63. The first-order valence-electron chi connectivity index (χ1n) is 11.3. The molecule has 1 aliphatic carbocycles. The SMILES string of the molecule is CC(C)C[C@@H](C(=O)N1C[C@@]2(C[C@H]1C#N)CC1(CC1)NC2=O)N(C)C(=O)[C@H](C)NC(=O)C(F)(F)F. The zero-order chi connectivity index (χ0) is 25.6. The summed E-state index contributed by atoms with van der Waals surface area (Å²) in [5.41, 5.74) is -1.10. The standard InChI is InChI=1S/C22H30F3N5O4/c1-12(2)7-15(29(4)16(31)13(3)27-19(34)22(23,24)25)17(32)30-11-20(8-14(30)9-26)10-21(5-6-21)28-18(20)33/h12-15H,5-8,10-11H2,1-4H3,(H,27,34)(H,28,33)/t13-,14-,15-,20+/m0/s1. The summed E-state index contributed by atoms with van der Waals surface area (Å²) in [5.74, 6) is -3.89. The van der Waals surface area contributed by atoms with E-state index < -0.39 is 47.4 Å². The van der Waals surface area contributed by atoms with Crippen molar-refractivity contribution < 1.29 is 32.3 Å². The van der Waals surface area contributed by atoms with Gasteiger partial charge in [-0.15, -0.1) is 0 Å². The second-order valence-corrected chi connectivity index (χ2v) is 10.3. The predicted molar refractivity (Wildman–Crippen MR) is 113 cm³/mol. The lowest BCUT2D eigenvalue weighted by Crippen LogP contribution is -2.56. The van der Waals surface area contributed by atoms with Gasteiger partial charge in [-0.25, -0.2) is 0 Å². The van der Waals surface area contributed by atoms with Crippen LogP contribution >= 0.6 is 0 Å². The predicted octanol–water partition coefficient (Wildman–Crippen LogP) is 1.09. The molecule has 12 heteroatoms. The molecule has 0 unspecified atom stereocenters. The molecule has 2 aliphatic heterocycles. The number of nitrogens with zero attached hydrogens (tertiary/aromatic N) is 3. The third-order valence-corrected chi connectivity index (χ3v) is 7.03. The fourth-order valence-corrected chi connectivity index (χ4v) is 5.08. The number of likely N-dealkylation sites (N-methyl/N-ethyl adjacent to an activating group) is 1. The van der Waals surface area contributed by atoms with Gasteiger partial charge in [0, 0.05) is 19.1 Å². The average molecular weight is 486 g/mol. The Labute approximate surface area is 196 Å². The third-order valence-electron chi connectivity index (χ3n) is 7.03. The van der Waals surface area contributed by atoms with Crippen molar-refractivity contribution in [1.82, 2.24) is 20.4 Å². The van der Waals surface area contributed by atoms with Crippen molar-refractivity contribution in [1.29, 1.82) is 5.26 Å². The van der Waals surface area contributed by atoms with E-state index in [0.717, 1.165) is 24.7 Å². The molecule has 3 fully saturated rings. The van der Waals surface area contributed by atoms with Gasteiger partial charge in [0.2, 0.25) is 17.7 Å². The molecule has 4 atom stereocenters. The molecule has 0 aromatic heterocycles. The average Bonchev–Trinajstić information content (AvgIpc) is 3.28. The topological polar surface area (TPSA) is 123 Å². The van der Waals surface area contributed by atoms with Crippen molar-refractivity contribution in [2.75, 3.05) is 13.6 Å². The largest absolute Gasteiger partial charge is 0.471 e. The number of carbonyl (C=O) groups excluding carboxylic acids is 4. The van der Waals surface area contributed by atoms with E-state index in [1.165, 1.54) is 11.9 Å². The summed E-state index contributed by atoms with van der Waals surface area (Å²) in [6.07, 6.45) is -2.48. The number of amides is 4. The van der Waals surface area contributed by atoms with E-state index in [1.54, 1.807) is 5.32 Å². The minimum absolute atomic E-state index is 0.0502. The van der Waals surface area contributed by atoms with E-state index in [4.69, 9.17) is 0 Å². The van der Waals surface area contributed by atoms with Crippen molar-refractivity contribution in [3.8, 4) is 6.07 Å². The second kappa shape index (κ2) is 8.74. The lowest BCUT2D eigenvalue weighted by atomic mass is 9.82. The molecule has 0 radical (unpaired) electrons. The Bertz CT molecular complexity index is 926. The molecule has 2 N–H and O–H groups in total. The highest BCUT2D eigenvalue weighted by molar-refractivity contribution is 5.94. The first-order chi connectivity index (χ1) is 15.6. The molecule has 4 amide bonds. The molecule has 0 bridgehead atoms. The van der Waals surface area contributed by atoms with E-state index in [1.807, 2.05) is 13.8 Å². The van der Waals surface area contributed by atoms with Gasteiger partial charge in [0.15, 0.2) is 0 Å². The van der Waals surface area contributed by atoms with Gasteiger partial charge in [0.05, 0.1) is 11.5 Å². The molecule has 2 saturated heterocycles. The van der Waals surface area contributed by atoms with Crippen molar-refractivity contribution in [3.05, 3.63) is 0 Å². The maximum absolute atomic E-state index is 13.6. The van der Waals surface area contributed by atoms with Gasteiger partial charge in [0.25, 0.3) is 0 Å². The summed E-state index contributed by atoms with van der Waals surface area (Å²) >= 11 is 0. The molecule has 3 rings (SSSR count). The molecule has 34 heavy (non-hydrogen) atoms. The van der Waals surface area contributed by atoms with Gasteiger partial charge >= 0.3 is 12.1 Å². The molecule has 2 heterocycles. The number of nitrogens with one attached hydrogen (secondary N) is 2. The quantitative estimate of drug-likeness (QED) is 0.583. The smallest absolute Gasteiger partial charge is 0.350 e. The van der Waals surface area contributed by atoms with Crippen molar-refractivity contribution in [2.24, 2.45) is 11.3 Å². The van der Waals surface area contributed by atoms with Crippen LogP contribution in [0.3, 0.4) is 0 Å². The van der Waals surface area contributed by atoms with Crippen molar-refractivity contribution in [3.63, 3.8) is 0 Å². The highest BCUT2D eigenvalue weighted by atomic mass is 19.4. The number of carbonyl (C=O) groups is 4. The van der Waals surface area contributed by atoms with Gasteiger partial charge in [-0.05, 0) is 44.9 Å². The van der Waals surface area contributed by atoms with E-state index in [2.05, 4.69) is 11.4 Å². The number of hydrogen-bond donors (Lipinski definition) is 2. The van der Waals surface area contributed by atoms with Crippen LogP contribution in [0, 0.1) is 22.7 Å². The molecular formula is C22H30F3N5O4. The number of likely N-dealkylation sites (tertiary alicyclic amines) is 1. The van der Waals surface area contributed by atoms with Crippen LogP contribution in [0.25, 0.3) is 0 Å². The minimum atomic E-state index is -5.15. The van der Waals surface area contributed by atoms with Crippen LogP contribution in [-0.2, 0) is 19.2 Å². The van der Waals surface area contributed by atoms with Gasteiger partial charge in [0.1, 0.15) is 18.1 Å². The molecule has 2 spiro atoms. The first-order valence-corrected chi connectivity index (χ1v) is 11.3. The molecule has 0 aromatic rings. The van der Waals surface area contributed by atoms with Gasteiger partial charge in [-0.1, -0.05) is 13.8 Å². The van der Waals surface area contributed by atoms with Gasteiger partial charge in [-0.3, -0.25) is 19.2 Å². The number of hydrogen-bond acceptors (Lipinski definition) is 5. The Balaban J connectivity index is 1.79. The Hall–Kier alpha value is -2.84. The van der Waals surface area contributed by atoms with E-state index in [-0.39, 0.29) is 36.8 Å². The van der Waals surface area contributed by atoms with E-state index >= 15 is 0 Å². The van der Waals surface area contributed by atoms with Crippen LogP contribution in [0.2, 0.25) is 0 Å². The fourth-order valence-electron chi connectivity index (χ4n) is 5.08. The highest BCUT2D eigenvalue weighted by Crippen LogP contribution is 2.54. The lowest BCUT2D eigenvalue weighted by molar-refractivity contribution is -0.175. The van der Waals surface area contributed by atoms with Crippen LogP contribution in [-0.4, -0.2) is 76.9 Å². The minimum Gasteiger partial charge on any atom is -0.350 e. The molecule has 3 aliphatic rings. The Morgan fingerprint density at radius 2 is 1.91 bits per heavy atom.